The molecule has 0 saturated carbocycles. The van der Waals surface area contributed by atoms with E-state index in [0.29, 0.717) is 6.04 Å². The predicted molar refractivity (Wildman–Crippen MR) is 61.1 cm³/mol. The topological polar surface area (TPSA) is 12.0 Å². The van der Waals surface area contributed by atoms with E-state index in [1.54, 1.807) is 0 Å². The van der Waals surface area contributed by atoms with Crippen molar-refractivity contribution < 1.29 is 0 Å². The molecule has 1 aliphatic heterocycles. The molecule has 0 amide bonds. The second-order valence-electron chi connectivity index (χ2n) is 4.03. The molecule has 1 fully saturated rings. The smallest absolute Gasteiger partial charge is 0.0170 e. The van der Waals surface area contributed by atoms with Crippen LogP contribution in [0.4, 0.5) is 0 Å². The fourth-order valence-electron chi connectivity index (χ4n) is 1.81. The maximum atomic E-state index is 3.48. The Morgan fingerprint density at radius 1 is 1.29 bits per heavy atom. The number of nitrogens with one attached hydrogen (secondary N) is 1. The number of benzene rings is 1. The molecule has 2 rings (SSSR count). The molecule has 1 unspecified atom stereocenters. The monoisotopic (exact) mass is 187 g/mol. The second kappa shape index (κ2) is 4.43. The third-order valence-corrected chi connectivity index (χ3v) is 2.75. The second-order valence-corrected chi connectivity index (χ2v) is 4.03. The summed E-state index contributed by atoms with van der Waals surface area (Å²) in [6.07, 6.45) is 4.81. The van der Waals surface area contributed by atoms with Crippen LogP contribution in [0.5, 0.6) is 0 Å². The highest BCUT2D eigenvalue weighted by Gasteiger charge is 2.10. The highest BCUT2D eigenvalue weighted by molar-refractivity contribution is 5.53. The van der Waals surface area contributed by atoms with Gasteiger partial charge >= 0.3 is 0 Å². The summed E-state index contributed by atoms with van der Waals surface area (Å²) in [6, 6.07) is 11.2. The van der Waals surface area contributed by atoms with Gasteiger partial charge in [-0.05, 0) is 25.3 Å². The normalized spacial score (nSPS) is 25.2. The Bertz CT molecular complexity index is 303. The summed E-state index contributed by atoms with van der Waals surface area (Å²) in [6.45, 7) is 3.30. The van der Waals surface area contributed by atoms with Crippen molar-refractivity contribution in [3.8, 4) is 0 Å². The lowest BCUT2D eigenvalue weighted by Gasteiger charge is -2.22. The fraction of sp³-hybridized carbons (Fsp3) is 0.385. The lowest BCUT2D eigenvalue weighted by Crippen LogP contribution is -2.32. The van der Waals surface area contributed by atoms with Gasteiger partial charge in [-0.3, -0.25) is 0 Å². The van der Waals surface area contributed by atoms with Gasteiger partial charge in [0.2, 0.25) is 0 Å². The molecule has 1 N–H and O–H groups in total. The molecular formula is C13H17N. The van der Waals surface area contributed by atoms with Crippen LogP contribution in [0.1, 0.15) is 25.3 Å². The van der Waals surface area contributed by atoms with Crippen molar-refractivity contribution in [1.82, 2.24) is 5.32 Å². The summed E-state index contributed by atoms with van der Waals surface area (Å²) < 4.78 is 0. The highest BCUT2D eigenvalue weighted by atomic mass is 14.9. The summed E-state index contributed by atoms with van der Waals surface area (Å²) in [5.41, 5.74) is 2.84. The van der Waals surface area contributed by atoms with Crippen molar-refractivity contribution in [3.05, 3.63) is 41.5 Å². The Hall–Kier alpha value is -1.08. The van der Waals surface area contributed by atoms with Gasteiger partial charge in [-0.25, -0.2) is 0 Å². The zero-order chi connectivity index (χ0) is 9.80. The third kappa shape index (κ3) is 2.46. The van der Waals surface area contributed by atoms with Crippen LogP contribution in [0.2, 0.25) is 0 Å². The SMILES string of the molecule is CC1CC/C(=C/c2ccccc2)CN1. The average Bonchev–Trinajstić information content (AvgIpc) is 2.23. The first-order valence-corrected chi connectivity index (χ1v) is 5.32. The molecule has 1 nitrogen and oxygen atoms in total. The lowest BCUT2D eigenvalue weighted by atomic mass is 9.99. The van der Waals surface area contributed by atoms with Crippen LogP contribution in [0.15, 0.2) is 35.9 Å². The molecule has 0 aliphatic carbocycles. The molecular weight excluding hydrogens is 170 g/mol. The number of hydrogen-bond acceptors (Lipinski definition) is 1. The van der Waals surface area contributed by atoms with E-state index in [1.165, 1.54) is 24.0 Å². The lowest BCUT2D eigenvalue weighted by molar-refractivity contribution is 0.488. The molecule has 74 valence electrons. The van der Waals surface area contributed by atoms with Gasteiger partial charge in [0.1, 0.15) is 0 Å². The summed E-state index contributed by atoms with van der Waals surface area (Å²) in [7, 11) is 0. The van der Waals surface area contributed by atoms with E-state index >= 15 is 0 Å². The molecule has 1 saturated heterocycles. The van der Waals surface area contributed by atoms with Crippen molar-refractivity contribution in [2.45, 2.75) is 25.8 Å². The fourth-order valence-corrected chi connectivity index (χ4v) is 1.81. The van der Waals surface area contributed by atoms with Gasteiger partial charge in [0, 0.05) is 12.6 Å². The average molecular weight is 187 g/mol. The van der Waals surface area contributed by atoms with Gasteiger partial charge in [-0.15, -0.1) is 0 Å². The third-order valence-electron chi connectivity index (χ3n) is 2.75. The minimum absolute atomic E-state index is 0.683. The number of rotatable bonds is 1. The van der Waals surface area contributed by atoms with Crippen LogP contribution in [-0.2, 0) is 0 Å². The van der Waals surface area contributed by atoms with Crippen LogP contribution in [0.25, 0.3) is 6.08 Å². The molecule has 1 aromatic rings. The Morgan fingerprint density at radius 3 is 2.71 bits per heavy atom. The van der Waals surface area contributed by atoms with E-state index < -0.39 is 0 Å². The molecule has 1 heterocycles. The van der Waals surface area contributed by atoms with Crippen molar-refractivity contribution in [1.29, 1.82) is 0 Å². The molecule has 0 bridgehead atoms. The summed E-state index contributed by atoms with van der Waals surface area (Å²) >= 11 is 0. The Balaban J connectivity index is 2.05. The van der Waals surface area contributed by atoms with E-state index in [1.807, 2.05) is 0 Å². The first-order valence-electron chi connectivity index (χ1n) is 5.32. The van der Waals surface area contributed by atoms with Gasteiger partial charge in [-0.2, -0.15) is 0 Å². The predicted octanol–water partition coefficient (Wildman–Crippen LogP) is 2.84. The molecule has 1 heteroatoms. The van der Waals surface area contributed by atoms with Crippen molar-refractivity contribution in [2.75, 3.05) is 6.54 Å². The van der Waals surface area contributed by atoms with Gasteiger partial charge in [-0.1, -0.05) is 42.0 Å². The standard InChI is InChI=1S/C13H17N/c1-11-7-8-13(10-14-11)9-12-5-3-2-4-6-12/h2-6,9,11,14H,7-8,10H2,1H3/b13-9-. The maximum absolute atomic E-state index is 3.48. The van der Waals surface area contributed by atoms with Gasteiger partial charge in [0.15, 0.2) is 0 Å². The molecule has 0 radical (unpaired) electrons. The molecule has 1 aliphatic rings. The van der Waals surface area contributed by atoms with Gasteiger partial charge in [0.05, 0.1) is 0 Å². The molecule has 1 aromatic carbocycles. The van der Waals surface area contributed by atoms with Crippen LogP contribution >= 0.6 is 0 Å². The minimum Gasteiger partial charge on any atom is -0.311 e. The number of hydrogen-bond donors (Lipinski definition) is 1. The first kappa shape index (κ1) is 9.47. The van der Waals surface area contributed by atoms with E-state index in [0.717, 1.165) is 6.54 Å². The number of piperidine rings is 1. The molecule has 0 spiro atoms. The van der Waals surface area contributed by atoms with Crippen LogP contribution < -0.4 is 5.32 Å². The Labute approximate surface area is 85.8 Å². The zero-order valence-corrected chi connectivity index (χ0v) is 8.66. The van der Waals surface area contributed by atoms with Crippen LogP contribution in [-0.4, -0.2) is 12.6 Å². The zero-order valence-electron chi connectivity index (χ0n) is 8.66. The summed E-state index contributed by atoms with van der Waals surface area (Å²) in [4.78, 5) is 0. The van der Waals surface area contributed by atoms with Crippen LogP contribution in [0.3, 0.4) is 0 Å². The Morgan fingerprint density at radius 2 is 2.07 bits per heavy atom. The first-order chi connectivity index (χ1) is 6.84. The summed E-state index contributed by atoms with van der Waals surface area (Å²) in [5, 5.41) is 3.48. The molecule has 1 atom stereocenters. The quantitative estimate of drug-likeness (QED) is 0.713. The minimum atomic E-state index is 0.683. The summed E-state index contributed by atoms with van der Waals surface area (Å²) in [5.74, 6) is 0. The maximum Gasteiger partial charge on any atom is 0.0170 e. The van der Waals surface area contributed by atoms with Crippen molar-refractivity contribution >= 4 is 6.08 Å². The van der Waals surface area contributed by atoms with Crippen LogP contribution in [0, 0.1) is 0 Å². The van der Waals surface area contributed by atoms with Gasteiger partial charge < -0.3 is 5.32 Å². The Kier molecular flexibility index (Phi) is 3.00. The van der Waals surface area contributed by atoms with Gasteiger partial charge in [0.25, 0.3) is 0 Å². The largest absolute Gasteiger partial charge is 0.311 e. The van der Waals surface area contributed by atoms with E-state index in [-0.39, 0.29) is 0 Å². The van der Waals surface area contributed by atoms with Crippen molar-refractivity contribution in [3.63, 3.8) is 0 Å². The van der Waals surface area contributed by atoms with E-state index in [9.17, 15) is 0 Å². The van der Waals surface area contributed by atoms with E-state index in [4.69, 9.17) is 0 Å². The molecule has 0 aromatic heterocycles. The molecule has 14 heavy (non-hydrogen) atoms. The van der Waals surface area contributed by atoms with E-state index in [2.05, 4.69) is 48.6 Å². The van der Waals surface area contributed by atoms with Crippen molar-refractivity contribution in [2.24, 2.45) is 0 Å². The highest BCUT2D eigenvalue weighted by Crippen LogP contribution is 2.16.